The number of hydrogen-bond acceptors (Lipinski definition) is 3. The normalized spacial score (nSPS) is 10.7. The lowest BCUT2D eigenvalue weighted by Gasteiger charge is -2.08. The Kier molecular flexibility index (Phi) is 3.80. The minimum Gasteiger partial charge on any atom is -0.439 e. The van der Waals surface area contributed by atoms with Gasteiger partial charge in [0.15, 0.2) is 0 Å². The van der Waals surface area contributed by atoms with Gasteiger partial charge in [0.05, 0.1) is 11.3 Å². The van der Waals surface area contributed by atoms with Crippen molar-refractivity contribution in [2.24, 2.45) is 12.8 Å². The summed E-state index contributed by atoms with van der Waals surface area (Å²) in [6, 6.07) is 5.03. The summed E-state index contributed by atoms with van der Waals surface area (Å²) >= 11 is 11.8. The summed E-state index contributed by atoms with van der Waals surface area (Å²) in [5.74, 6) is 1.17. The van der Waals surface area contributed by atoms with E-state index in [2.05, 4.69) is 5.10 Å². The van der Waals surface area contributed by atoms with Crippen LogP contribution in [0.3, 0.4) is 0 Å². The van der Waals surface area contributed by atoms with Crippen LogP contribution in [-0.4, -0.2) is 9.78 Å². The van der Waals surface area contributed by atoms with Gasteiger partial charge in [-0.05, 0) is 25.1 Å². The molecule has 0 aliphatic carbocycles. The molecule has 18 heavy (non-hydrogen) atoms. The summed E-state index contributed by atoms with van der Waals surface area (Å²) in [5.41, 5.74) is 7.41. The minimum atomic E-state index is 0.364. The summed E-state index contributed by atoms with van der Waals surface area (Å²) in [7, 11) is 1.80. The molecule has 6 heteroatoms. The van der Waals surface area contributed by atoms with Crippen LogP contribution in [0, 0.1) is 6.92 Å². The van der Waals surface area contributed by atoms with E-state index < -0.39 is 0 Å². The highest BCUT2D eigenvalue weighted by Gasteiger charge is 2.14. The Morgan fingerprint density at radius 2 is 1.89 bits per heavy atom. The van der Waals surface area contributed by atoms with Crippen LogP contribution in [0.4, 0.5) is 0 Å². The highest BCUT2D eigenvalue weighted by atomic mass is 35.5. The first kappa shape index (κ1) is 13.2. The van der Waals surface area contributed by atoms with E-state index in [0.29, 0.717) is 28.2 Å². The van der Waals surface area contributed by atoms with Gasteiger partial charge in [-0.1, -0.05) is 23.2 Å². The molecule has 1 aromatic heterocycles. The van der Waals surface area contributed by atoms with Crippen LogP contribution < -0.4 is 10.5 Å². The van der Waals surface area contributed by atoms with Crippen LogP contribution >= 0.6 is 23.2 Å². The SMILES string of the molecule is Cc1nn(C)c(Oc2cc(Cl)cc(Cl)c2)c1CN. The quantitative estimate of drug-likeness (QED) is 0.942. The van der Waals surface area contributed by atoms with Crippen LogP contribution in [0.2, 0.25) is 10.0 Å². The Morgan fingerprint density at radius 3 is 2.44 bits per heavy atom. The minimum absolute atomic E-state index is 0.364. The van der Waals surface area contributed by atoms with Gasteiger partial charge >= 0.3 is 0 Å². The number of nitrogens with zero attached hydrogens (tertiary/aromatic N) is 2. The molecule has 0 aliphatic rings. The molecule has 2 rings (SSSR count). The second-order valence-corrected chi connectivity index (χ2v) is 4.78. The summed E-state index contributed by atoms with van der Waals surface area (Å²) in [6.07, 6.45) is 0. The average Bonchev–Trinajstić information content (AvgIpc) is 2.52. The van der Waals surface area contributed by atoms with E-state index in [1.807, 2.05) is 6.92 Å². The van der Waals surface area contributed by atoms with Crippen molar-refractivity contribution in [1.29, 1.82) is 0 Å². The Hall–Kier alpha value is -1.23. The van der Waals surface area contributed by atoms with E-state index in [1.54, 1.807) is 29.9 Å². The number of aromatic nitrogens is 2. The Bertz CT molecular complexity index is 561. The third-order valence-corrected chi connectivity index (χ3v) is 2.98. The number of ether oxygens (including phenoxy) is 1. The van der Waals surface area contributed by atoms with Crippen molar-refractivity contribution < 1.29 is 4.74 Å². The maximum atomic E-state index is 5.92. The van der Waals surface area contributed by atoms with Gasteiger partial charge < -0.3 is 10.5 Å². The van der Waals surface area contributed by atoms with E-state index in [9.17, 15) is 0 Å². The molecule has 0 amide bonds. The number of benzene rings is 1. The first-order valence-corrected chi connectivity index (χ1v) is 6.13. The molecule has 0 saturated carbocycles. The number of hydrogen-bond donors (Lipinski definition) is 1. The van der Waals surface area contributed by atoms with Crippen molar-refractivity contribution in [3.8, 4) is 11.6 Å². The first-order valence-electron chi connectivity index (χ1n) is 5.37. The van der Waals surface area contributed by atoms with E-state index in [-0.39, 0.29) is 0 Å². The molecular formula is C12H13Cl2N3O. The molecule has 0 saturated heterocycles. The topological polar surface area (TPSA) is 53.1 Å². The molecule has 1 heterocycles. The Labute approximate surface area is 115 Å². The smallest absolute Gasteiger partial charge is 0.222 e. The van der Waals surface area contributed by atoms with E-state index in [4.69, 9.17) is 33.7 Å². The van der Waals surface area contributed by atoms with Gasteiger partial charge in [0.1, 0.15) is 5.75 Å². The fourth-order valence-electron chi connectivity index (χ4n) is 1.74. The molecule has 0 bridgehead atoms. The number of nitrogens with two attached hydrogens (primary N) is 1. The number of rotatable bonds is 3. The molecule has 0 spiro atoms. The molecule has 0 fully saturated rings. The van der Waals surface area contributed by atoms with Gasteiger partial charge in [-0.2, -0.15) is 5.10 Å². The van der Waals surface area contributed by atoms with E-state index in [0.717, 1.165) is 11.3 Å². The van der Waals surface area contributed by atoms with Crippen molar-refractivity contribution in [2.75, 3.05) is 0 Å². The lowest BCUT2D eigenvalue weighted by Crippen LogP contribution is -2.01. The van der Waals surface area contributed by atoms with Gasteiger partial charge in [0.25, 0.3) is 0 Å². The van der Waals surface area contributed by atoms with Crippen molar-refractivity contribution in [2.45, 2.75) is 13.5 Å². The van der Waals surface area contributed by atoms with Crippen molar-refractivity contribution in [3.63, 3.8) is 0 Å². The molecular weight excluding hydrogens is 273 g/mol. The van der Waals surface area contributed by atoms with Gasteiger partial charge in [0, 0.05) is 23.6 Å². The van der Waals surface area contributed by atoms with Crippen LogP contribution in [0.1, 0.15) is 11.3 Å². The fourth-order valence-corrected chi connectivity index (χ4v) is 2.25. The standard InChI is InChI=1S/C12H13Cl2N3O/c1-7-11(6-15)12(17(2)16-7)18-10-4-8(13)3-9(14)5-10/h3-5H,6,15H2,1-2H3. The zero-order valence-electron chi connectivity index (χ0n) is 10.1. The maximum absolute atomic E-state index is 5.92. The van der Waals surface area contributed by atoms with Crippen LogP contribution in [-0.2, 0) is 13.6 Å². The van der Waals surface area contributed by atoms with Gasteiger partial charge in [-0.3, -0.25) is 0 Å². The summed E-state index contributed by atoms with van der Waals surface area (Å²) in [4.78, 5) is 0. The molecule has 0 unspecified atom stereocenters. The highest BCUT2D eigenvalue weighted by molar-refractivity contribution is 6.34. The molecule has 4 nitrogen and oxygen atoms in total. The fraction of sp³-hybridized carbons (Fsp3) is 0.250. The molecule has 2 aromatic rings. The van der Waals surface area contributed by atoms with E-state index >= 15 is 0 Å². The van der Waals surface area contributed by atoms with Gasteiger partial charge in [0.2, 0.25) is 5.88 Å². The third-order valence-electron chi connectivity index (χ3n) is 2.54. The predicted molar refractivity (Wildman–Crippen MR) is 72.4 cm³/mol. The van der Waals surface area contributed by atoms with Crippen LogP contribution in [0.25, 0.3) is 0 Å². The van der Waals surface area contributed by atoms with Crippen molar-refractivity contribution in [1.82, 2.24) is 9.78 Å². The molecule has 0 atom stereocenters. The second kappa shape index (κ2) is 5.18. The molecule has 96 valence electrons. The molecule has 0 aliphatic heterocycles. The van der Waals surface area contributed by atoms with Crippen molar-refractivity contribution >= 4 is 23.2 Å². The maximum Gasteiger partial charge on any atom is 0.222 e. The van der Waals surface area contributed by atoms with Crippen molar-refractivity contribution in [3.05, 3.63) is 39.5 Å². The average molecular weight is 286 g/mol. The monoisotopic (exact) mass is 285 g/mol. The second-order valence-electron chi connectivity index (χ2n) is 3.90. The zero-order valence-corrected chi connectivity index (χ0v) is 11.6. The Morgan fingerprint density at radius 1 is 1.28 bits per heavy atom. The number of aryl methyl sites for hydroxylation is 2. The van der Waals surface area contributed by atoms with E-state index in [1.165, 1.54) is 0 Å². The zero-order chi connectivity index (χ0) is 13.3. The Balaban J connectivity index is 2.39. The van der Waals surface area contributed by atoms with Gasteiger partial charge in [-0.25, -0.2) is 4.68 Å². The largest absolute Gasteiger partial charge is 0.439 e. The molecule has 1 aromatic carbocycles. The summed E-state index contributed by atoms with van der Waals surface area (Å²) in [5, 5.41) is 5.31. The lowest BCUT2D eigenvalue weighted by molar-refractivity contribution is 0.426. The van der Waals surface area contributed by atoms with Crippen LogP contribution in [0.5, 0.6) is 11.6 Å². The van der Waals surface area contributed by atoms with Crippen LogP contribution in [0.15, 0.2) is 18.2 Å². The van der Waals surface area contributed by atoms with Gasteiger partial charge in [-0.15, -0.1) is 0 Å². The molecule has 2 N–H and O–H groups in total. The predicted octanol–water partition coefficient (Wildman–Crippen LogP) is 3.29. The summed E-state index contributed by atoms with van der Waals surface area (Å²) < 4.78 is 7.41. The number of halogens is 2. The summed E-state index contributed by atoms with van der Waals surface area (Å²) in [6.45, 7) is 2.25. The first-order chi connectivity index (χ1) is 8.51. The third kappa shape index (κ3) is 2.61. The highest BCUT2D eigenvalue weighted by Crippen LogP contribution is 2.30. The lowest BCUT2D eigenvalue weighted by atomic mass is 10.2. The molecule has 0 radical (unpaired) electrons.